The first-order valence-corrected chi connectivity index (χ1v) is 5.74. The van der Waals surface area contributed by atoms with Crippen LogP contribution in [0.2, 0.25) is 0 Å². The Morgan fingerprint density at radius 2 is 1.89 bits per heavy atom. The van der Waals surface area contributed by atoms with Gasteiger partial charge in [-0.3, -0.25) is 0 Å². The van der Waals surface area contributed by atoms with Gasteiger partial charge in [0.05, 0.1) is 7.11 Å². The number of pyridine rings is 1. The van der Waals surface area contributed by atoms with Crippen LogP contribution in [0.1, 0.15) is 5.56 Å². The number of para-hydroxylation sites is 2. The molecule has 0 unspecified atom stereocenters. The van der Waals surface area contributed by atoms with E-state index in [-0.39, 0.29) is 0 Å². The zero-order valence-electron chi connectivity index (χ0n) is 10.5. The highest BCUT2D eigenvalue weighted by Crippen LogP contribution is 2.29. The highest BCUT2D eigenvalue weighted by Gasteiger charge is 2.04. The lowest BCUT2D eigenvalue weighted by atomic mass is 10.3. The van der Waals surface area contributed by atoms with E-state index >= 15 is 0 Å². The van der Waals surface area contributed by atoms with Crippen molar-refractivity contribution < 1.29 is 9.47 Å². The van der Waals surface area contributed by atoms with Crippen molar-refractivity contribution >= 4 is 0 Å². The summed E-state index contributed by atoms with van der Waals surface area (Å²) in [4.78, 5) is 4.25. The summed E-state index contributed by atoms with van der Waals surface area (Å²) in [6, 6.07) is 11.3. The van der Waals surface area contributed by atoms with E-state index in [1.165, 1.54) is 0 Å². The van der Waals surface area contributed by atoms with E-state index in [4.69, 9.17) is 9.47 Å². The fourth-order valence-electron chi connectivity index (χ4n) is 1.60. The Labute approximate surface area is 107 Å². The van der Waals surface area contributed by atoms with Gasteiger partial charge in [-0.2, -0.15) is 0 Å². The monoisotopic (exact) mass is 244 g/mol. The second-order valence-electron chi connectivity index (χ2n) is 3.79. The largest absolute Gasteiger partial charge is 0.493 e. The quantitative estimate of drug-likeness (QED) is 0.878. The molecule has 2 rings (SSSR count). The van der Waals surface area contributed by atoms with E-state index in [0.29, 0.717) is 17.4 Å². The molecular formula is C14H16N2O2. The molecule has 4 nitrogen and oxygen atoms in total. The molecule has 0 atom stereocenters. The van der Waals surface area contributed by atoms with E-state index < -0.39 is 0 Å². The van der Waals surface area contributed by atoms with Gasteiger partial charge in [-0.1, -0.05) is 18.2 Å². The van der Waals surface area contributed by atoms with Crippen LogP contribution in [0.25, 0.3) is 0 Å². The molecule has 1 aromatic heterocycles. The molecule has 0 aliphatic rings. The molecule has 0 radical (unpaired) electrons. The molecule has 0 fully saturated rings. The van der Waals surface area contributed by atoms with Crippen LogP contribution in [0.5, 0.6) is 17.4 Å². The molecule has 1 heterocycles. The van der Waals surface area contributed by atoms with Crippen molar-refractivity contribution in [2.45, 2.75) is 6.54 Å². The summed E-state index contributed by atoms with van der Waals surface area (Å²) in [5.41, 5.74) is 1.12. The number of methoxy groups -OCH3 is 1. The minimum atomic E-state index is 0.555. The third kappa shape index (κ3) is 2.99. The van der Waals surface area contributed by atoms with Crippen molar-refractivity contribution in [3.8, 4) is 17.4 Å². The summed E-state index contributed by atoms with van der Waals surface area (Å²) >= 11 is 0. The van der Waals surface area contributed by atoms with Gasteiger partial charge in [0.25, 0.3) is 0 Å². The second-order valence-corrected chi connectivity index (χ2v) is 3.79. The Kier molecular flexibility index (Phi) is 4.15. The molecule has 0 aliphatic heterocycles. The molecule has 1 N–H and O–H groups in total. The summed E-state index contributed by atoms with van der Waals surface area (Å²) in [7, 11) is 3.52. The minimum absolute atomic E-state index is 0.555. The van der Waals surface area contributed by atoms with Gasteiger partial charge >= 0.3 is 0 Å². The lowest BCUT2D eigenvalue weighted by molar-refractivity contribution is 0.374. The predicted molar refractivity (Wildman–Crippen MR) is 70.1 cm³/mol. The molecule has 2 aromatic rings. The van der Waals surface area contributed by atoms with Gasteiger partial charge < -0.3 is 14.8 Å². The first-order chi connectivity index (χ1) is 8.83. The highest BCUT2D eigenvalue weighted by molar-refractivity contribution is 5.41. The molecular weight excluding hydrogens is 228 g/mol. The Balaban J connectivity index is 2.13. The van der Waals surface area contributed by atoms with Crippen LogP contribution in [-0.4, -0.2) is 19.1 Å². The number of ether oxygens (including phenoxy) is 2. The number of hydrogen-bond acceptors (Lipinski definition) is 4. The van der Waals surface area contributed by atoms with Crippen molar-refractivity contribution in [2.24, 2.45) is 0 Å². The zero-order chi connectivity index (χ0) is 12.8. The number of nitrogens with zero attached hydrogens (tertiary/aromatic N) is 1. The Bertz CT molecular complexity index is 497. The SMILES string of the molecule is CNCc1ccc(Oc2ccccc2OC)nc1. The number of hydrogen-bond donors (Lipinski definition) is 1. The third-order valence-corrected chi connectivity index (χ3v) is 2.46. The van der Waals surface area contributed by atoms with Crippen molar-refractivity contribution in [3.05, 3.63) is 48.2 Å². The van der Waals surface area contributed by atoms with Gasteiger partial charge in [-0.25, -0.2) is 4.98 Å². The summed E-state index contributed by atoms with van der Waals surface area (Å²) in [6.45, 7) is 0.794. The van der Waals surface area contributed by atoms with E-state index in [0.717, 1.165) is 12.1 Å². The van der Waals surface area contributed by atoms with Crippen LogP contribution in [0.15, 0.2) is 42.6 Å². The van der Waals surface area contributed by atoms with E-state index in [1.807, 2.05) is 43.4 Å². The molecule has 94 valence electrons. The number of rotatable bonds is 5. The molecule has 0 bridgehead atoms. The first kappa shape index (κ1) is 12.4. The molecule has 0 amide bonds. The van der Waals surface area contributed by atoms with E-state index in [9.17, 15) is 0 Å². The topological polar surface area (TPSA) is 43.4 Å². The molecule has 1 aromatic carbocycles. The average molecular weight is 244 g/mol. The van der Waals surface area contributed by atoms with Crippen molar-refractivity contribution in [1.82, 2.24) is 10.3 Å². The Morgan fingerprint density at radius 3 is 2.50 bits per heavy atom. The van der Waals surface area contributed by atoms with Gasteiger partial charge in [0, 0.05) is 18.8 Å². The maximum atomic E-state index is 5.68. The van der Waals surface area contributed by atoms with Gasteiger partial charge in [0.1, 0.15) is 0 Å². The van der Waals surface area contributed by atoms with Crippen molar-refractivity contribution in [2.75, 3.05) is 14.2 Å². The van der Waals surface area contributed by atoms with Gasteiger partial charge in [-0.05, 0) is 24.7 Å². The molecule has 18 heavy (non-hydrogen) atoms. The lowest BCUT2D eigenvalue weighted by Crippen LogP contribution is -2.05. The van der Waals surface area contributed by atoms with Crippen LogP contribution < -0.4 is 14.8 Å². The maximum absolute atomic E-state index is 5.68. The van der Waals surface area contributed by atoms with Crippen LogP contribution in [0.4, 0.5) is 0 Å². The Hall–Kier alpha value is -2.07. The average Bonchev–Trinajstić information content (AvgIpc) is 2.42. The number of benzene rings is 1. The van der Waals surface area contributed by atoms with Gasteiger partial charge in [0.2, 0.25) is 5.88 Å². The van der Waals surface area contributed by atoms with Crippen LogP contribution in [-0.2, 0) is 6.54 Å². The summed E-state index contributed by atoms with van der Waals surface area (Å²) in [5.74, 6) is 1.91. The standard InChI is InChI=1S/C14H16N2O2/c1-15-9-11-7-8-14(16-10-11)18-13-6-4-3-5-12(13)17-2/h3-8,10,15H,9H2,1-2H3. The van der Waals surface area contributed by atoms with Gasteiger partial charge in [-0.15, -0.1) is 0 Å². The van der Waals surface area contributed by atoms with Gasteiger partial charge in [0.15, 0.2) is 11.5 Å². The minimum Gasteiger partial charge on any atom is -0.493 e. The van der Waals surface area contributed by atoms with Crippen LogP contribution in [0.3, 0.4) is 0 Å². The number of nitrogens with one attached hydrogen (secondary N) is 1. The summed E-state index contributed by atoms with van der Waals surface area (Å²) in [5, 5.41) is 3.07. The van der Waals surface area contributed by atoms with Crippen molar-refractivity contribution in [3.63, 3.8) is 0 Å². The normalized spacial score (nSPS) is 10.1. The fourth-order valence-corrected chi connectivity index (χ4v) is 1.60. The zero-order valence-corrected chi connectivity index (χ0v) is 10.5. The third-order valence-electron chi connectivity index (χ3n) is 2.46. The second kappa shape index (κ2) is 6.02. The summed E-state index contributed by atoms with van der Waals surface area (Å²) in [6.07, 6.45) is 1.79. The van der Waals surface area contributed by atoms with E-state index in [2.05, 4.69) is 10.3 Å². The predicted octanol–water partition coefficient (Wildman–Crippen LogP) is 2.60. The highest BCUT2D eigenvalue weighted by atomic mass is 16.5. The molecule has 0 aliphatic carbocycles. The van der Waals surface area contributed by atoms with Crippen LogP contribution >= 0.6 is 0 Å². The smallest absolute Gasteiger partial charge is 0.219 e. The number of aromatic nitrogens is 1. The van der Waals surface area contributed by atoms with Crippen molar-refractivity contribution in [1.29, 1.82) is 0 Å². The molecule has 0 saturated heterocycles. The molecule has 0 saturated carbocycles. The summed E-state index contributed by atoms with van der Waals surface area (Å²) < 4.78 is 10.9. The van der Waals surface area contributed by atoms with Crippen LogP contribution in [0, 0.1) is 0 Å². The Morgan fingerprint density at radius 1 is 1.11 bits per heavy atom. The first-order valence-electron chi connectivity index (χ1n) is 5.74. The lowest BCUT2D eigenvalue weighted by Gasteiger charge is -2.09. The fraction of sp³-hybridized carbons (Fsp3) is 0.214. The molecule has 4 heteroatoms. The molecule has 0 spiro atoms. The maximum Gasteiger partial charge on any atom is 0.219 e. The van der Waals surface area contributed by atoms with E-state index in [1.54, 1.807) is 13.3 Å².